The molecular formula is C101H70IN9O15S2. The summed E-state index contributed by atoms with van der Waals surface area (Å²) in [6, 6.07) is 9.51. The van der Waals surface area contributed by atoms with Crippen LogP contribution < -0.4 is 26.7 Å². The second-order valence-electron chi connectivity index (χ2n) is 25.3. The van der Waals surface area contributed by atoms with Crippen LogP contribution in [0.1, 0.15) is 82.5 Å². The van der Waals surface area contributed by atoms with Gasteiger partial charge in [-0.25, -0.2) is 9.59 Å². The minimum absolute atomic E-state index is 0.0185. The zero-order chi connectivity index (χ0) is 91.3. The van der Waals surface area contributed by atoms with Gasteiger partial charge in [0.05, 0.1) is 82.2 Å². The molecule has 128 heavy (non-hydrogen) atoms. The van der Waals surface area contributed by atoms with Gasteiger partial charge in [0.2, 0.25) is 23.6 Å². The Kier molecular flexibility index (Phi) is 49.3. The standard InChI is InChI=1S/C101H70IN9O15S2/c1-3-4-5-6-7-8-9-10-11-12-13-14-15-16-17-18-19-20-21-22-23-24-25-26-27-28-29-30-31-32-33-34-35-36-37-38-39-40-41-42-43-44-45-46-47-48-49-54-80-127-91-81-93(112)111(97(91)114)71-75-124-79-78-123-74-70-106-99(116)126-86-56-50-52-65-101(2,66-64-86)98(115)105-69-73-122-77-76-121-72-68-104-96(113)92(128(118,119)120)83-108-100(117)125-85-57-55-58-87-88(62-61-85)95(89-59-51-53-67-103-89)110-109-94(87)90-63-60-84(102)82-107-90/h1,50-51,53,56,59-60,63,67,82,85-86,88,91-92,109H,52,55,57-58,61-62,64-66,68-79,81,83H2,2H3,(H,104,113)(H,105,115)(H,106,116)(H,108,117)(H,118,119,120)/b56-50+/t85?,86-,88?,91?,92?,101+/m0/s1/i102-2. The first-order valence-corrected chi connectivity index (χ1v) is 42.0. The Morgan fingerprint density at radius 1 is 0.562 bits per heavy atom. The maximum atomic E-state index is 13.4. The van der Waals surface area contributed by atoms with E-state index in [1.807, 2.05) is 43.3 Å². The van der Waals surface area contributed by atoms with E-state index in [1.54, 1.807) is 18.5 Å². The molecule has 6 N–H and O–H groups in total. The number of carbonyl (C=O) groups excluding carboxylic acids is 6. The predicted octanol–water partition coefficient (Wildman–Crippen LogP) is 3.79. The summed E-state index contributed by atoms with van der Waals surface area (Å²) in [6.45, 7) is 2.38. The van der Waals surface area contributed by atoms with Crippen LogP contribution in [0.15, 0.2) is 65.6 Å². The Morgan fingerprint density at radius 2 is 1.04 bits per heavy atom. The van der Waals surface area contributed by atoms with Gasteiger partial charge in [0.1, 0.15) is 17.5 Å². The molecule has 6 rings (SSSR count). The number of terminal acetylenes is 1. The number of alkyl carbamates (subject to hydrolysis) is 2. The second kappa shape index (κ2) is 62.8. The largest absolute Gasteiger partial charge is 0.446 e. The van der Waals surface area contributed by atoms with E-state index < -0.39 is 62.9 Å². The van der Waals surface area contributed by atoms with Gasteiger partial charge in [0.15, 0.2) is 5.25 Å². The maximum Gasteiger partial charge on any atom is 0.407 e. The number of nitrogens with one attached hydrogen (secondary N) is 5. The molecule has 0 aromatic carbocycles. The first-order valence-electron chi connectivity index (χ1n) is 38.5. The number of amides is 6. The van der Waals surface area contributed by atoms with Crippen LogP contribution in [0.4, 0.5) is 9.59 Å². The number of ether oxygens (including phenoxy) is 6. The molecule has 2 aromatic heterocycles. The first kappa shape index (κ1) is 101. The lowest BCUT2D eigenvalue weighted by atomic mass is 9.78. The number of allylic oxidation sites excluding steroid dienone is 2. The molecule has 4 aliphatic rings. The third-order valence-electron chi connectivity index (χ3n) is 16.6. The Morgan fingerprint density at radius 3 is 1.52 bits per heavy atom. The molecule has 6 amide bonds. The van der Waals surface area contributed by atoms with E-state index >= 15 is 0 Å². The molecule has 1 saturated carbocycles. The fourth-order valence-corrected chi connectivity index (χ4v) is 12.4. The molecule has 1 saturated heterocycles. The van der Waals surface area contributed by atoms with Crippen LogP contribution in [0.25, 0.3) is 5.70 Å². The molecule has 2 aliphatic heterocycles. The number of carbonyl (C=O) groups is 6. The molecule has 2 fully saturated rings. The highest BCUT2D eigenvalue weighted by atomic mass is 125. The van der Waals surface area contributed by atoms with Crippen LogP contribution in [0.2, 0.25) is 0 Å². The smallest absolute Gasteiger partial charge is 0.407 e. The van der Waals surface area contributed by atoms with Gasteiger partial charge < -0.3 is 49.7 Å². The number of nitrogens with zero attached hydrogens (tertiary/aromatic N) is 4. The molecule has 0 spiro atoms. The SMILES string of the molecule is C#CC#CC#CC#CC#CC#CC#CC#CC#CC#CC#CC#CC#CC#CC#CC#CC#CC#CC#CC#CC#CC#CC#CC#CC#CSC1CC(=O)N(CCOCCOCCNC(=O)O[C@H]2/C=C/CC[C@@](C)(C(=O)NCCOCCOCCNC(=O)C(CNC(=O)OC3CCCC4=C(c5ccc([125I])cn5)NN=C(c5ccccn5)C4CC3)S(=O)(=O)O)CC2)C1=O. The average Bonchev–Trinajstić information content (AvgIpc) is 0.991. The fraction of sp³-hybridized carbons (Fsp3) is 0.297. The van der Waals surface area contributed by atoms with Crippen molar-refractivity contribution in [2.75, 3.05) is 85.6 Å². The number of rotatable bonds is 28. The lowest BCUT2D eigenvalue weighted by Crippen LogP contribution is -2.48. The van der Waals surface area contributed by atoms with Gasteiger partial charge >= 0.3 is 12.2 Å². The number of imide groups is 1. The highest BCUT2D eigenvalue weighted by Crippen LogP contribution is 2.38. The van der Waals surface area contributed by atoms with E-state index in [4.69, 9.17) is 39.9 Å². The summed E-state index contributed by atoms with van der Waals surface area (Å²) in [6.07, 6.45) is 14.2. The van der Waals surface area contributed by atoms with E-state index in [1.165, 1.54) is 0 Å². The van der Waals surface area contributed by atoms with Crippen molar-refractivity contribution in [3.63, 3.8) is 0 Å². The van der Waals surface area contributed by atoms with E-state index in [2.05, 4.69) is 349 Å². The summed E-state index contributed by atoms with van der Waals surface area (Å²) in [5.74, 6) is 117. The number of thioether (sulfide) groups is 1. The molecule has 0 radical (unpaired) electrons. The van der Waals surface area contributed by atoms with Crippen molar-refractivity contribution in [3.05, 3.63) is 75.4 Å². The maximum absolute atomic E-state index is 13.4. The molecular weight excluding hydrogens is 1770 g/mol. The number of hydrogen-bond donors (Lipinski definition) is 6. The van der Waals surface area contributed by atoms with E-state index in [9.17, 15) is 41.7 Å². The summed E-state index contributed by atoms with van der Waals surface area (Å²) in [7, 11) is -4.96. The highest BCUT2D eigenvalue weighted by Gasteiger charge is 2.39. The van der Waals surface area contributed by atoms with Gasteiger partial charge in [-0.05, 0) is 216 Å². The van der Waals surface area contributed by atoms with Gasteiger partial charge in [-0.2, -0.15) is 13.5 Å². The van der Waals surface area contributed by atoms with E-state index in [0.29, 0.717) is 63.5 Å². The Hall–Kier alpha value is -16.3. The van der Waals surface area contributed by atoms with Crippen LogP contribution in [-0.4, -0.2) is 178 Å². The van der Waals surface area contributed by atoms with Crippen LogP contribution in [0.5, 0.6) is 0 Å². The molecule has 27 heteroatoms. The molecule has 0 bridgehead atoms. The molecule has 24 nitrogen and oxygen atoms in total. The first-order chi connectivity index (χ1) is 62.6. The Balaban J connectivity index is 0.734. The molecule has 628 valence electrons. The van der Waals surface area contributed by atoms with Crippen molar-refractivity contribution < 1.29 is 70.2 Å². The minimum Gasteiger partial charge on any atom is -0.446 e. The van der Waals surface area contributed by atoms with Gasteiger partial charge in [0.25, 0.3) is 10.1 Å². The molecule has 4 unspecified atom stereocenters. The zero-order valence-electron chi connectivity index (χ0n) is 68.6. The van der Waals surface area contributed by atoms with Gasteiger partial charge in [0, 0.05) is 249 Å². The summed E-state index contributed by atoms with van der Waals surface area (Å²) in [5.41, 5.74) is 6.63. The number of hydrazone groups is 1. The third kappa shape index (κ3) is 43.5. The van der Waals surface area contributed by atoms with E-state index in [0.717, 1.165) is 42.9 Å². The van der Waals surface area contributed by atoms with Crippen molar-refractivity contribution in [2.24, 2.45) is 16.4 Å². The number of fused-ring (bicyclic) bond motifs is 1. The van der Waals surface area contributed by atoms with Gasteiger partial charge in [-0.15, -0.1) is 6.42 Å². The number of hydrogen-bond acceptors (Lipinski definition) is 19. The summed E-state index contributed by atoms with van der Waals surface area (Å²) in [4.78, 5) is 88.0. The molecule has 2 aromatic rings. The number of aromatic nitrogens is 2. The van der Waals surface area contributed by atoms with Crippen molar-refractivity contribution in [1.82, 2.24) is 41.6 Å². The lowest BCUT2D eigenvalue weighted by Gasteiger charge is -2.32. The van der Waals surface area contributed by atoms with Crippen molar-refractivity contribution in [2.45, 2.75) is 93.8 Å². The van der Waals surface area contributed by atoms with Gasteiger partial charge in [-0.3, -0.25) is 44.0 Å². The Labute approximate surface area is 765 Å². The minimum atomic E-state index is -4.96. The van der Waals surface area contributed by atoms with Crippen LogP contribution in [-0.2, 0) is 57.7 Å². The summed E-state index contributed by atoms with van der Waals surface area (Å²) >= 11 is 3.19. The predicted molar refractivity (Wildman–Crippen MR) is 489 cm³/mol. The molecule has 2 aliphatic carbocycles. The molecule has 4 heterocycles. The Bertz CT molecular complexity index is 6500. The lowest BCUT2D eigenvalue weighted by molar-refractivity contribution is -0.139. The van der Waals surface area contributed by atoms with Crippen molar-refractivity contribution in [1.29, 1.82) is 0 Å². The normalized spacial score (nSPS) is 15.3. The second-order valence-corrected chi connectivity index (χ2v) is 29.1. The quantitative estimate of drug-likeness (QED) is 0.0176. The number of halogens is 1. The summed E-state index contributed by atoms with van der Waals surface area (Å²) < 4.78 is 69.2. The van der Waals surface area contributed by atoms with Gasteiger partial charge in [-0.1, -0.05) is 30.8 Å². The topological polar surface area (TPSA) is 314 Å². The van der Waals surface area contributed by atoms with E-state index in [-0.39, 0.29) is 109 Å². The highest BCUT2D eigenvalue weighted by molar-refractivity contribution is 14.1. The van der Waals surface area contributed by atoms with Crippen LogP contribution in [0, 0.1) is 311 Å². The number of likely N-dealkylation sites (tertiary alicyclic amines) is 1. The monoisotopic (exact) mass is 1840 g/mol. The van der Waals surface area contributed by atoms with Crippen LogP contribution in [0.3, 0.4) is 0 Å². The average molecular weight is 1840 g/mol. The van der Waals surface area contributed by atoms with Crippen LogP contribution >= 0.6 is 34.4 Å². The molecule has 6 atom stereocenters. The number of pyridine rings is 2. The third-order valence-corrected chi connectivity index (χ3v) is 19.2. The van der Waals surface area contributed by atoms with Crippen molar-refractivity contribution >= 4 is 91.7 Å². The fourth-order valence-electron chi connectivity index (χ4n) is 10.8. The summed E-state index contributed by atoms with van der Waals surface area (Å²) in [5, 5.41) is 15.1. The van der Waals surface area contributed by atoms with Crippen molar-refractivity contribution in [3.8, 4) is 296 Å². The zero-order valence-corrected chi connectivity index (χ0v) is 72.4.